The molecule has 0 fully saturated rings. The molecule has 2 aromatic heterocycles. The molecule has 2 aromatic carbocycles. The molecule has 4 nitrogen and oxygen atoms in total. The third-order valence-corrected chi connectivity index (χ3v) is 6.07. The molecule has 29 heavy (non-hydrogen) atoms. The molecule has 0 saturated carbocycles. The number of nitrogens with one attached hydrogen (secondary N) is 1. The van der Waals surface area contributed by atoms with E-state index in [0.717, 1.165) is 42.3 Å². The summed E-state index contributed by atoms with van der Waals surface area (Å²) < 4.78 is 13.6. The Hall–Kier alpha value is -2.89. The molecular formula is C24H22N2O2S. The highest BCUT2D eigenvalue weighted by Crippen LogP contribution is 2.41. The highest BCUT2D eigenvalue weighted by atomic mass is 32.1. The summed E-state index contributed by atoms with van der Waals surface area (Å²) in [5.74, 6) is 1.67. The molecule has 5 heteroatoms. The van der Waals surface area contributed by atoms with Crippen molar-refractivity contribution in [3.8, 4) is 22.6 Å². The largest absolute Gasteiger partial charge is 0.489 e. The highest BCUT2D eigenvalue weighted by molar-refractivity contribution is 7.17. The Morgan fingerprint density at radius 2 is 2.03 bits per heavy atom. The molecule has 0 spiro atoms. The first-order valence-electron chi connectivity index (χ1n) is 9.88. The topological polar surface area (TPSA) is 43.4 Å². The summed E-state index contributed by atoms with van der Waals surface area (Å²) >= 11 is 1.78. The zero-order chi connectivity index (χ0) is 19.5. The molecule has 1 aliphatic rings. The van der Waals surface area contributed by atoms with Gasteiger partial charge < -0.3 is 14.8 Å². The van der Waals surface area contributed by atoms with Crippen LogP contribution in [0.5, 0.6) is 11.5 Å². The predicted molar refractivity (Wildman–Crippen MR) is 118 cm³/mol. The first kappa shape index (κ1) is 18.2. The fourth-order valence-corrected chi connectivity index (χ4v) is 4.65. The Bertz CT molecular complexity index is 1120. The van der Waals surface area contributed by atoms with Crippen LogP contribution in [-0.2, 0) is 13.0 Å². The lowest BCUT2D eigenvalue weighted by Crippen LogP contribution is -2.16. The second-order valence-corrected chi connectivity index (χ2v) is 7.96. The van der Waals surface area contributed by atoms with E-state index in [0.29, 0.717) is 13.2 Å². The van der Waals surface area contributed by atoms with Crippen LogP contribution in [0.15, 0.2) is 66.2 Å². The average Bonchev–Trinajstić information content (AvgIpc) is 3.05. The van der Waals surface area contributed by atoms with Crippen molar-refractivity contribution < 1.29 is 9.47 Å². The van der Waals surface area contributed by atoms with E-state index < -0.39 is 0 Å². The highest BCUT2D eigenvalue weighted by Gasteiger charge is 2.18. The monoisotopic (exact) mass is 402 g/mol. The van der Waals surface area contributed by atoms with E-state index in [9.17, 15) is 0 Å². The van der Waals surface area contributed by atoms with Gasteiger partial charge in [-0.25, -0.2) is 0 Å². The smallest absolute Gasteiger partial charge is 0.165 e. The number of aromatic nitrogens is 1. The van der Waals surface area contributed by atoms with E-state index in [1.54, 1.807) is 11.3 Å². The summed E-state index contributed by atoms with van der Waals surface area (Å²) in [6.45, 7) is 2.82. The van der Waals surface area contributed by atoms with E-state index in [2.05, 4.69) is 52.1 Å². The van der Waals surface area contributed by atoms with Crippen molar-refractivity contribution in [1.82, 2.24) is 10.3 Å². The predicted octanol–water partition coefficient (Wildman–Crippen LogP) is 5.07. The fourth-order valence-electron chi connectivity index (χ4n) is 3.68. The maximum absolute atomic E-state index is 6.23. The molecule has 0 saturated heterocycles. The first-order valence-corrected chi connectivity index (χ1v) is 10.8. The minimum Gasteiger partial charge on any atom is -0.489 e. The van der Waals surface area contributed by atoms with Crippen molar-refractivity contribution in [1.29, 1.82) is 0 Å². The Kier molecular flexibility index (Phi) is 5.15. The van der Waals surface area contributed by atoms with Gasteiger partial charge in [0, 0.05) is 52.6 Å². The van der Waals surface area contributed by atoms with E-state index >= 15 is 0 Å². The molecule has 0 atom stereocenters. The number of hydrogen-bond acceptors (Lipinski definition) is 5. The van der Waals surface area contributed by atoms with Crippen LogP contribution in [0.3, 0.4) is 0 Å². The van der Waals surface area contributed by atoms with Gasteiger partial charge in [-0.1, -0.05) is 24.3 Å². The minimum atomic E-state index is 0.564. The summed E-state index contributed by atoms with van der Waals surface area (Å²) in [6, 6.07) is 18.8. The van der Waals surface area contributed by atoms with Crippen LogP contribution in [-0.4, -0.2) is 24.7 Å². The van der Waals surface area contributed by atoms with Gasteiger partial charge in [-0.05, 0) is 41.3 Å². The summed E-state index contributed by atoms with van der Waals surface area (Å²) in [4.78, 5) is 4.38. The lowest BCUT2D eigenvalue weighted by molar-refractivity contribution is 0.274. The molecule has 4 aromatic rings. The lowest BCUT2D eigenvalue weighted by atomic mass is 10.0. The lowest BCUT2D eigenvalue weighted by Gasteiger charge is -2.16. The molecule has 0 radical (unpaired) electrons. The minimum absolute atomic E-state index is 0.564. The van der Waals surface area contributed by atoms with Gasteiger partial charge in [-0.2, -0.15) is 0 Å². The van der Waals surface area contributed by atoms with E-state index in [1.807, 2.05) is 24.4 Å². The van der Waals surface area contributed by atoms with Crippen LogP contribution in [0.4, 0.5) is 0 Å². The van der Waals surface area contributed by atoms with Crippen molar-refractivity contribution in [3.05, 3.63) is 77.4 Å². The summed E-state index contributed by atoms with van der Waals surface area (Å²) in [5.41, 5.74) is 4.58. The number of nitrogens with zero attached hydrogens (tertiary/aromatic N) is 1. The molecule has 5 rings (SSSR count). The number of rotatable bonds is 5. The van der Waals surface area contributed by atoms with Crippen molar-refractivity contribution >= 4 is 21.4 Å². The third kappa shape index (κ3) is 3.84. The molecule has 1 N–H and O–H groups in total. The normalized spacial score (nSPS) is 13.5. The van der Waals surface area contributed by atoms with Gasteiger partial charge in [-0.3, -0.25) is 4.98 Å². The van der Waals surface area contributed by atoms with Crippen LogP contribution in [0.25, 0.3) is 21.2 Å². The third-order valence-electron chi connectivity index (χ3n) is 5.11. The number of pyridine rings is 1. The molecule has 3 heterocycles. The molecule has 1 aliphatic heterocycles. The summed E-state index contributed by atoms with van der Waals surface area (Å²) in [6.07, 6.45) is 2.58. The van der Waals surface area contributed by atoms with Crippen molar-refractivity contribution in [2.24, 2.45) is 0 Å². The summed E-state index contributed by atoms with van der Waals surface area (Å²) in [7, 11) is 0. The number of hydrogen-bond donors (Lipinski definition) is 1. The summed E-state index contributed by atoms with van der Waals surface area (Å²) in [5, 5.41) is 6.94. The van der Waals surface area contributed by atoms with Crippen molar-refractivity contribution in [2.75, 3.05) is 19.8 Å². The Labute approximate surface area is 174 Å². The molecule has 0 bridgehead atoms. The maximum Gasteiger partial charge on any atom is 0.165 e. The van der Waals surface area contributed by atoms with Gasteiger partial charge in [-0.15, -0.1) is 11.3 Å². The first-order chi connectivity index (χ1) is 14.4. The average molecular weight is 403 g/mol. The van der Waals surface area contributed by atoms with Crippen LogP contribution >= 0.6 is 11.3 Å². The Morgan fingerprint density at radius 3 is 2.97 bits per heavy atom. The van der Waals surface area contributed by atoms with Gasteiger partial charge in [0.1, 0.15) is 6.61 Å². The number of thiophene rings is 1. The van der Waals surface area contributed by atoms with Gasteiger partial charge in [0.15, 0.2) is 11.5 Å². The van der Waals surface area contributed by atoms with Crippen LogP contribution in [0.2, 0.25) is 0 Å². The Morgan fingerprint density at radius 1 is 1.10 bits per heavy atom. The van der Waals surface area contributed by atoms with E-state index in [-0.39, 0.29) is 0 Å². The van der Waals surface area contributed by atoms with Gasteiger partial charge >= 0.3 is 0 Å². The zero-order valence-corrected chi connectivity index (χ0v) is 16.9. The molecule has 0 aliphatic carbocycles. The number of benzene rings is 2. The standard InChI is InChI=1S/C24H22N2O2S/c1-2-7-23-20(6-1)21(16-29-23)17-13-18-15-25-10-12-28-24(18)22(14-17)27-11-8-19-5-3-4-9-26-19/h1-7,9,13-14,16,25H,8,10-12,15H2. The number of fused-ring (bicyclic) bond motifs is 2. The quantitative estimate of drug-likeness (QED) is 0.506. The van der Waals surface area contributed by atoms with Crippen molar-refractivity contribution in [2.45, 2.75) is 13.0 Å². The molecule has 146 valence electrons. The Balaban J connectivity index is 1.49. The maximum atomic E-state index is 6.23. The molecule has 0 amide bonds. The number of ether oxygens (including phenoxy) is 2. The second-order valence-electron chi connectivity index (χ2n) is 7.05. The van der Waals surface area contributed by atoms with Gasteiger partial charge in [0.05, 0.1) is 6.61 Å². The zero-order valence-electron chi connectivity index (χ0n) is 16.1. The second kappa shape index (κ2) is 8.23. The van der Waals surface area contributed by atoms with Gasteiger partial charge in [0.25, 0.3) is 0 Å². The van der Waals surface area contributed by atoms with Crippen LogP contribution in [0.1, 0.15) is 11.3 Å². The van der Waals surface area contributed by atoms with E-state index in [1.165, 1.54) is 21.2 Å². The fraction of sp³-hybridized carbons (Fsp3) is 0.208. The van der Waals surface area contributed by atoms with Crippen LogP contribution in [0, 0.1) is 0 Å². The molecule has 0 unspecified atom stereocenters. The van der Waals surface area contributed by atoms with E-state index in [4.69, 9.17) is 9.47 Å². The molecular weight excluding hydrogens is 380 g/mol. The van der Waals surface area contributed by atoms with Gasteiger partial charge in [0.2, 0.25) is 0 Å². The SMILES string of the molecule is c1ccc(CCOc2cc(-c3csc4ccccc34)cc3c2OCCNC3)nc1. The van der Waals surface area contributed by atoms with Crippen molar-refractivity contribution in [3.63, 3.8) is 0 Å². The van der Waals surface area contributed by atoms with Crippen LogP contribution < -0.4 is 14.8 Å².